The van der Waals surface area contributed by atoms with Crippen molar-refractivity contribution >= 4 is 17.3 Å². The molecule has 0 unspecified atom stereocenters. The summed E-state index contributed by atoms with van der Waals surface area (Å²) >= 11 is 0. The lowest BCUT2D eigenvalue weighted by molar-refractivity contribution is -0.384. The Balaban J connectivity index is 1.71. The number of fused-ring (bicyclic) bond motifs is 1. The molecule has 0 bridgehead atoms. The van der Waals surface area contributed by atoms with Crippen molar-refractivity contribution in [3.8, 4) is 5.75 Å². The number of rotatable bonds is 6. The third-order valence-corrected chi connectivity index (χ3v) is 4.93. The molecule has 0 spiro atoms. The van der Waals surface area contributed by atoms with Crippen LogP contribution in [0.1, 0.15) is 30.0 Å². The van der Waals surface area contributed by atoms with Crippen molar-refractivity contribution in [2.75, 3.05) is 26.0 Å². The fourth-order valence-corrected chi connectivity index (χ4v) is 3.62. The summed E-state index contributed by atoms with van der Waals surface area (Å²) in [6, 6.07) is 12.7. The number of carbonyl (C=O) groups is 1. The number of ether oxygens (including phenoxy) is 1. The molecular formula is C20H23N3O4. The van der Waals surface area contributed by atoms with Crippen LogP contribution in [0.15, 0.2) is 42.5 Å². The first-order valence-electron chi connectivity index (χ1n) is 8.90. The maximum atomic E-state index is 12.5. The van der Waals surface area contributed by atoms with Crippen LogP contribution in [0.2, 0.25) is 0 Å². The molecule has 0 saturated heterocycles. The number of hydrogen-bond acceptors (Lipinski definition) is 5. The molecule has 1 atom stereocenters. The number of methoxy groups -OCH3 is 1. The fraction of sp³-hybridized carbons (Fsp3) is 0.350. The van der Waals surface area contributed by atoms with Crippen LogP contribution in [0.4, 0.5) is 11.4 Å². The maximum Gasteiger partial charge on any atom is 0.271 e. The molecule has 7 nitrogen and oxygen atoms in total. The van der Waals surface area contributed by atoms with Crippen LogP contribution in [0.5, 0.6) is 5.75 Å². The number of hydrogen-bond donors (Lipinski definition) is 1. The van der Waals surface area contributed by atoms with Gasteiger partial charge in [-0.15, -0.1) is 0 Å². The first-order chi connectivity index (χ1) is 13.0. The van der Waals surface area contributed by atoms with Gasteiger partial charge in [0, 0.05) is 18.2 Å². The zero-order chi connectivity index (χ0) is 19.4. The summed E-state index contributed by atoms with van der Waals surface area (Å²) in [5.74, 6) is 0.152. The Morgan fingerprint density at radius 1 is 1.33 bits per heavy atom. The van der Waals surface area contributed by atoms with Gasteiger partial charge in [-0.25, -0.2) is 0 Å². The van der Waals surface area contributed by atoms with Gasteiger partial charge in [-0.05, 0) is 43.5 Å². The van der Waals surface area contributed by atoms with E-state index in [1.807, 2.05) is 24.1 Å². The van der Waals surface area contributed by atoms with Gasteiger partial charge in [-0.2, -0.15) is 0 Å². The van der Waals surface area contributed by atoms with E-state index < -0.39 is 4.92 Å². The highest BCUT2D eigenvalue weighted by Crippen LogP contribution is 2.33. The van der Waals surface area contributed by atoms with E-state index in [9.17, 15) is 14.9 Å². The standard InChI is InChI=1S/C20H23N3O4/c1-22(18-9-5-7-14-6-3-4-8-16(14)18)13-20(24)21-17-12-15(23(25)26)10-11-19(17)27-2/h3-4,6,8,10-12,18H,5,7,9,13H2,1-2H3,(H,21,24)/t18-/m1/s1. The normalized spacial score (nSPS) is 15.9. The van der Waals surface area contributed by atoms with Crippen molar-refractivity contribution in [2.24, 2.45) is 0 Å². The molecule has 1 aliphatic rings. The van der Waals surface area contributed by atoms with E-state index in [2.05, 4.69) is 17.4 Å². The molecule has 0 aromatic heterocycles. The van der Waals surface area contributed by atoms with Gasteiger partial charge < -0.3 is 10.1 Å². The largest absolute Gasteiger partial charge is 0.495 e. The van der Waals surface area contributed by atoms with E-state index in [0.717, 1.165) is 19.3 Å². The van der Waals surface area contributed by atoms with Crippen LogP contribution in [0.3, 0.4) is 0 Å². The molecule has 3 rings (SSSR count). The van der Waals surface area contributed by atoms with Crippen LogP contribution < -0.4 is 10.1 Å². The number of nitro benzene ring substituents is 1. The molecule has 27 heavy (non-hydrogen) atoms. The quantitative estimate of drug-likeness (QED) is 0.622. The highest BCUT2D eigenvalue weighted by Gasteiger charge is 2.25. The van der Waals surface area contributed by atoms with Gasteiger partial charge in [0.15, 0.2) is 0 Å². The summed E-state index contributed by atoms with van der Waals surface area (Å²) in [7, 11) is 3.39. The monoisotopic (exact) mass is 369 g/mol. The van der Waals surface area contributed by atoms with E-state index in [0.29, 0.717) is 11.4 Å². The Kier molecular flexibility index (Phi) is 5.71. The van der Waals surface area contributed by atoms with E-state index in [1.54, 1.807) is 0 Å². The minimum absolute atomic E-state index is 0.0966. The van der Waals surface area contributed by atoms with E-state index in [4.69, 9.17) is 4.74 Å². The zero-order valence-electron chi connectivity index (χ0n) is 15.5. The zero-order valence-corrected chi connectivity index (χ0v) is 15.5. The Morgan fingerprint density at radius 3 is 2.85 bits per heavy atom. The lowest BCUT2D eigenvalue weighted by Crippen LogP contribution is -2.35. The number of anilines is 1. The van der Waals surface area contributed by atoms with Crippen molar-refractivity contribution < 1.29 is 14.5 Å². The van der Waals surface area contributed by atoms with Gasteiger partial charge in [0.25, 0.3) is 5.69 Å². The van der Waals surface area contributed by atoms with Gasteiger partial charge in [0.2, 0.25) is 5.91 Å². The van der Waals surface area contributed by atoms with Gasteiger partial charge in [0.1, 0.15) is 5.75 Å². The molecule has 1 N–H and O–H groups in total. The third kappa shape index (κ3) is 4.25. The van der Waals surface area contributed by atoms with Gasteiger partial charge in [-0.1, -0.05) is 24.3 Å². The number of benzene rings is 2. The highest BCUT2D eigenvalue weighted by molar-refractivity contribution is 5.94. The van der Waals surface area contributed by atoms with Crippen LogP contribution >= 0.6 is 0 Å². The van der Waals surface area contributed by atoms with Crippen molar-refractivity contribution in [2.45, 2.75) is 25.3 Å². The van der Waals surface area contributed by atoms with Crippen molar-refractivity contribution in [1.29, 1.82) is 0 Å². The Morgan fingerprint density at radius 2 is 2.11 bits per heavy atom. The summed E-state index contributed by atoms with van der Waals surface area (Å²) in [6.45, 7) is 0.185. The topological polar surface area (TPSA) is 84.7 Å². The minimum atomic E-state index is -0.500. The van der Waals surface area contributed by atoms with Crippen LogP contribution in [-0.2, 0) is 11.2 Å². The predicted octanol–water partition coefficient (Wildman–Crippen LogP) is 3.55. The average Bonchev–Trinajstić information content (AvgIpc) is 2.67. The second kappa shape index (κ2) is 8.18. The summed E-state index contributed by atoms with van der Waals surface area (Å²) in [6.07, 6.45) is 3.16. The molecule has 0 saturated carbocycles. The highest BCUT2D eigenvalue weighted by atomic mass is 16.6. The second-order valence-corrected chi connectivity index (χ2v) is 6.71. The van der Waals surface area contributed by atoms with Crippen molar-refractivity contribution in [3.05, 3.63) is 63.7 Å². The molecule has 0 fully saturated rings. The van der Waals surface area contributed by atoms with Crippen molar-refractivity contribution in [3.63, 3.8) is 0 Å². The number of nitro groups is 1. The van der Waals surface area contributed by atoms with Crippen LogP contribution in [0.25, 0.3) is 0 Å². The Hall–Kier alpha value is -2.93. The molecule has 142 valence electrons. The minimum Gasteiger partial charge on any atom is -0.495 e. The van der Waals surface area contributed by atoms with E-state index in [-0.39, 0.29) is 24.2 Å². The Labute approximate surface area is 158 Å². The van der Waals surface area contributed by atoms with E-state index >= 15 is 0 Å². The molecule has 0 radical (unpaired) electrons. The lowest BCUT2D eigenvalue weighted by atomic mass is 9.87. The molecule has 7 heteroatoms. The van der Waals surface area contributed by atoms with Gasteiger partial charge in [0.05, 0.1) is 24.3 Å². The molecule has 1 aliphatic carbocycles. The molecular weight excluding hydrogens is 346 g/mol. The molecule has 0 heterocycles. The lowest BCUT2D eigenvalue weighted by Gasteiger charge is -2.32. The first-order valence-corrected chi connectivity index (χ1v) is 8.90. The summed E-state index contributed by atoms with van der Waals surface area (Å²) < 4.78 is 5.20. The number of likely N-dealkylation sites (N-methyl/N-ethyl adjacent to an activating group) is 1. The number of aryl methyl sites for hydroxylation is 1. The molecule has 2 aromatic rings. The molecule has 0 aliphatic heterocycles. The summed E-state index contributed by atoms with van der Waals surface area (Å²) in [4.78, 5) is 25.1. The number of amides is 1. The van der Waals surface area contributed by atoms with E-state index in [1.165, 1.54) is 36.4 Å². The van der Waals surface area contributed by atoms with Crippen molar-refractivity contribution in [1.82, 2.24) is 4.90 Å². The van der Waals surface area contributed by atoms with Crippen LogP contribution in [0, 0.1) is 10.1 Å². The van der Waals surface area contributed by atoms with Gasteiger partial charge in [-0.3, -0.25) is 19.8 Å². The van der Waals surface area contributed by atoms with Gasteiger partial charge >= 0.3 is 0 Å². The summed E-state index contributed by atoms with van der Waals surface area (Å²) in [5, 5.41) is 13.7. The summed E-state index contributed by atoms with van der Waals surface area (Å²) in [5.41, 5.74) is 2.81. The third-order valence-electron chi connectivity index (χ3n) is 4.93. The molecule has 1 amide bonds. The number of non-ortho nitro benzene ring substituents is 1. The first kappa shape index (κ1) is 18.8. The smallest absolute Gasteiger partial charge is 0.271 e. The fourth-order valence-electron chi connectivity index (χ4n) is 3.62. The predicted molar refractivity (Wildman–Crippen MR) is 103 cm³/mol. The second-order valence-electron chi connectivity index (χ2n) is 6.71. The number of carbonyl (C=O) groups excluding carboxylic acids is 1. The number of nitrogens with one attached hydrogen (secondary N) is 1. The average molecular weight is 369 g/mol. The number of nitrogens with zero attached hydrogens (tertiary/aromatic N) is 2. The van der Waals surface area contributed by atoms with Crippen LogP contribution in [-0.4, -0.2) is 36.4 Å². The SMILES string of the molecule is COc1ccc([N+](=O)[O-])cc1NC(=O)CN(C)[C@@H]1CCCc2ccccc21. The Bertz CT molecular complexity index is 853. The maximum absolute atomic E-state index is 12.5. The molecule has 2 aromatic carbocycles.